The van der Waals surface area contributed by atoms with Crippen LogP contribution >= 0.6 is 11.8 Å². The number of ether oxygens (including phenoxy) is 1. The van der Waals surface area contributed by atoms with Gasteiger partial charge in [-0.15, -0.1) is 5.11 Å². The molecule has 0 amide bonds. The molecule has 0 atom stereocenters. The Morgan fingerprint density at radius 1 is 1.57 bits per heavy atom. The second kappa shape index (κ2) is 4.52. The maximum Gasteiger partial charge on any atom is 0.300 e. The van der Waals surface area contributed by atoms with E-state index in [0.717, 1.165) is 0 Å². The highest BCUT2D eigenvalue weighted by molar-refractivity contribution is 6.14. The van der Waals surface area contributed by atoms with Crippen LogP contribution in [0.4, 0.5) is 11.4 Å². The van der Waals surface area contributed by atoms with Crippen molar-refractivity contribution in [3.63, 3.8) is 0 Å². The van der Waals surface area contributed by atoms with E-state index in [2.05, 4.69) is 9.75 Å². The summed E-state index contributed by atoms with van der Waals surface area (Å²) in [6, 6.07) is 4.19. The first-order valence-electron chi connectivity index (χ1n) is 3.53. The van der Waals surface area contributed by atoms with Crippen molar-refractivity contribution in [2.75, 3.05) is 7.11 Å². The molecule has 0 radical (unpaired) electrons. The Hall–Kier alpha value is -1.69. The SMILES string of the molecule is COc1ccc(/N=N/Cl)c([N+](=O)[O-])c1. The van der Waals surface area contributed by atoms with Gasteiger partial charge in [-0.25, -0.2) is 0 Å². The third-order valence-corrected chi connectivity index (χ3v) is 1.60. The lowest BCUT2D eigenvalue weighted by Gasteiger charge is -2.00. The first-order chi connectivity index (χ1) is 6.69. The topological polar surface area (TPSA) is 77.1 Å². The fourth-order valence-corrected chi connectivity index (χ4v) is 0.983. The minimum absolute atomic E-state index is 0.0887. The number of hydrogen-bond acceptors (Lipinski definition) is 5. The van der Waals surface area contributed by atoms with E-state index >= 15 is 0 Å². The predicted octanol–water partition coefficient (Wildman–Crippen LogP) is 2.84. The van der Waals surface area contributed by atoms with E-state index in [1.54, 1.807) is 0 Å². The summed E-state index contributed by atoms with van der Waals surface area (Å²) in [5.74, 6) is 0.380. The van der Waals surface area contributed by atoms with Crippen LogP contribution in [0.5, 0.6) is 5.75 Å². The second-order valence-electron chi connectivity index (χ2n) is 2.29. The molecule has 1 aromatic carbocycles. The summed E-state index contributed by atoms with van der Waals surface area (Å²) in [4.78, 5) is 9.99. The van der Waals surface area contributed by atoms with E-state index in [-0.39, 0.29) is 11.4 Å². The molecular formula is C7H6ClN3O3. The molecule has 0 heterocycles. The van der Waals surface area contributed by atoms with Gasteiger partial charge in [0.05, 0.1) is 29.9 Å². The van der Waals surface area contributed by atoms with Crippen molar-refractivity contribution >= 4 is 23.2 Å². The molecule has 14 heavy (non-hydrogen) atoms. The molecule has 0 bridgehead atoms. The van der Waals surface area contributed by atoms with Gasteiger partial charge in [0.2, 0.25) is 0 Å². The number of nitro benzene ring substituents is 1. The van der Waals surface area contributed by atoms with Crippen molar-refractivity contribution in [3.05, 3.63) is 28.3 Å². The monoisotopic (exact) mass is 215 g/mol. The third kappa shape index (κ3) is 2.17. The lowest BCUT2D eigenvalue weighted by Crippen LogP contribution is -1.90. The molecule has 0 aliphatic rings. The van der Waals surface area contributed by atoms with E-state index in [0.29, 0.717) is 5.75 Å². The highest BCUT2D eigenvalue weighted by Gasteiger charge is 2.14. The maximum absolute atomic E-state index is 10.6. The number of benzene rings is 1. The highest BCUT2D eigenvalue weighted by atomic mass is 35.5. The number of rotatable bonds is 3. The van der Waals surface area contributed by atoms with Gasteiger partial charge in [0, 0.05) is 0 Å². The summed E-state index contributed by atoms with van der Waals surface area (Å²) in [6.07, 6.45) is 0. The molecule has 0 aromatic heterocycles. The first kappa shape index (κ1) is 10.4. The Balaban J connectivity index is 3.23. The molecule has 0 saturated carbocycles. The molecule has 0 unspecified atom stereocenters. The van der Waals surface area contributed by atoms with Crippen LogP contribution in [0.2, 0.25) is 0 Å². The zero-order valence-corrected chi connectivity index (χ0v) is 7.93. The number of nitrogens with zero attached hydrogens (tertiary/aromatic N) is 3. The predicted molar refractivity (Wildman–Crippen MR) is 50.0 cm³/mol. The highest BCUT2D eigenvalue weighted by Crippen LogP contribution is 2.31. The van der Waals surface area contributed by atoms with Crippen LogP contribution in [0.15, 0.2) is 27.9 Å². The maximum atomic E-state index is 10.6. The lowest BCUT2D eigenvalue weighted by atomic mass is 10.2. The van der Waals surface area contributed by atoms with Gasteiger partial charge in [-0.05, 0) is 12.1 Å². The van der Waals surface area contributed by atoms with Gasteiger partial charge < -0.3 is 4.74 Å². The average molecular weight is 216 g/mol. The molecule has 7 heteroatoms. The van der Waals surface area contributed by atoms with Crippen LogP contribution < -0.4 is 4.74 Å². The molecule has 0 saturated heterocycles. The van der Waals surface area contributed by atoms with Gasteiger partial charge in [-0.1, -0.05) is 4.63 Å². The first-order valence-corrected chi connectivity index (χ1v) is 3.87. The van der Waals surface area contributed by atoms with Crippen LogP contribution in [0.1, 0.15) is 0 Å². The zero-order chi connectivity index (χ0) is 10.6. The Bertz CT molecular complexity index is 380. The molecule has 0 spiro atoms. The fraction of sp³-hybridized carbons (Fsp3) is 0.143. The van der Waals surface area contributed by atoms with E-state index in [1.807, 2.05) is 0 Å². The standard InChI is InChI=1S/C7H6ClN3O3/c1-14-5-2-3-6(9-10-8)7(4-5)11(12)13/h2-4H,1H3/b10-9+. The van der Waals surface area contributed by atoms with Gasteiger partial charge in [0.1, 0.15) is 5.75 Å². The molecule has 0 N–H and O–H groups in total. The molecule has 0 aliphatic heterocycles. The number of methoxy groups -OCH3 is 1. The number of hydrogen-bond donors (Lipinski definition) is 0. The van der Waals surface area contributed by atoms with E-state index < -0.39 is 4.92 Å². The molecule has 74 valence electrons. The van der Waals surface area contributed by atoms with Crippen molar-refractivity contribution in [2.24, 2.45) is 9.75 Å². The fourth-order valence-electron chi connectivity index (χ4n) is 0.902. The normalized spacial score (nSPS) is 10.4. The minimum Gasteiger partial charge on any atom is -0.496 e. The molecule has 0 aliphatic carbocycles. The lowest BCUT2D eigenvalue weighted by molar-refractivity contribution is -0.384. The van der Waals surface area contributed by atoms with Crippen molar-refractivity contribution in [1.82, 2.24) is 0 Å². The minimum atomic E-state index is -0.580. The number of halogens is 1. The molecule has 6 nitrogen and oxygen atoms in total. The van der Waals surface area contributed by atoms with Crippen LogP contribution in [-0.2, 0) is 0 Å². The van der Waals surface area contributed by atoms with Crippen molar-refractivity contribution in [1.29, 1.82) is 0 Å². The van der Waals surface area contributed by atoms with Gasteiger partial charge >= 0.3 is 0 Å². The molecule has 1 rings (SSSR count). The summed E-state index contributed by atoms with van der Waals surface area (Å²) in [6.45, 7) is 0. The molecular weight excluding hydrogens is 210 g/mol. The van der Waals surface area contributed by atoms with Crippen molar-refractivity contribution in [2.45, 2.75) is 0 Å². The van der Waals surface area contributed by atoms with Gasteiger partial charge in [0.25, 0.3) is 5.69 Å². The Kier molecular flexibility index (Phi) is 3.35. The van der Waals surface area contributed by atoms with Gasteiger partial charge in [0.15, 0.2) is 5.69 Å². The summed E-state index contributed by atoms with van der Waals surface area (Å²) in [5, 5.41) is 14.0. The smallest absolute Gasteiger partial charge is 0.300 e. The zero-order valence-electron chi connectivity index (χ0n) is 7.18. The van der Waals surface area contributed by atoms with E-state index in [1.165, 1.54) is 25.3 Å². The van der Waals surface area contributed by atoms with Crippen LogP contribution in [0.3, 0.4) is 0 Å². The Morgan fingerprint density at radius 2 is 2.29 bits per heavy atom. The van der Waals surface area contributed by atoms with Crippen LogP contribution in [0.25, 0.3) is 0 Å². The Labute approximate surface area is 84.4 Å². The van der Waals surface area contributed by atoms with Crippen molar-refractivity contribution in [3.8, 4) is 5.75 Å². The van der Waals surface area contributed by atoms with Gasteiger partial charge in [-0.3, -0.25) is 10.1 Å². The summed E-state index contributed by atoms with van der Waals surface area (Å²) in [7, 11) is 1.42. The third-order valence-electron chi connectivity index (χ3n) is 1.52. The quantitative estimate of drug-likeness (QED) is 0.442. The largest absolute Gasteiger partial charge is 0.496 e. The van der Waals surface area contributed by atoms with E-state index in [4.69, 9.17) is 16.5 Å². The van der Waals surface area contributed by atoms with E-state index in [9.17, 15) is 10.1 Å². The second-order valence-corrected chi connectivity index (χ2v) is 2.44. The summed E-state index contributed by atoms with van der Waals surface area (Å²) in [5.41, 5.74) is -0.112. The molecule has 0 fully saturated rings. The Morgan fingerprint density at radius 3 is 2.79 bits per heavy atom. The van der Waals surface area contributed by atoms with Crippen LogP contribution in [0, 0.1) is 10.1 Å². The summed E-state index contributed by atoms with van der Waals surface area (Å²) < 4.78 is 7.78. The average Bonchev–Trinajstić information content (AvgIpc) is 2.18. The summed E-state index contributed by atoms with van der Waals surface area (Å²) >= 11 is 4.99. The van der Waals surface area contributed by atoms with Gasteiger partial charge in [-0.2, -0.15) is 0 Å². The number of nitro groups is 1. The molecule has 1 aromatic rings. The van der Waals surface area contributed by atoms with Crippen LogP contribution in [-0.4, -0.2) is 12.0 Å². The van der Waals surface area contributed by atoms with Crippen molar-refractivity contribution < 1.29 is 9.66 Å².